The Bertz CT molecular complexity index is 1770. The second-order valence-corrected chi connectivity index (χ2v) is 10.4. The van der Waals surface area contributed by atoms with Crippen LogP contribution in [0.4, 0.5) is 11.6 Å². The number of hydrogen-bond acceptors (Lipinski definition) is 8. The molecule has 0 radical (unpaired) electrons. The minimum Gasteiger partial charge on any atom is -0.456 e. The number of hydrogen-bond donors (Lipinski definition) is 3. The van der Waals surface area contributed by atoms with Gasteiger partial charge in [-0.05, 0) is 60.0 Å². The molecule has 4 heterocycles. The number of anilines is 2. The zero-order chi connectivity index (χ0) is 29.9. The maximum atomic E-state index is 13.2. The SMILES string of the molecule is Cn1cc(-c2cnc(N)c(C(=O)N[C@@H]3CCN(C(=O)c4ccc(-c5ccc(Oc6ccc(N)nc6)cc5)cc4)C3)c2)cn1. The summed E-state index contributed by atoms with van der Waals surface area (Å²) >= 11 is 0. The third-order valence-corrected chi connectivity index (χ3v) is 7.33. The quantitative estimate of drug-likeness (QED) is 0.262. The number of nitrogens with two attached hydrogens (primary N) is 2. The number of nitrogens with zero attached hydrogens (tertiary/aromatic N) is 5. The summed E-state index contributed by atoms with van der Waals surface area (Å²) in [4.78, 5) is 36.3. The van der Waals surface area contributed by atoms with Crippen LogP contribution in [0.5, 0.6) is 11.5 Å². The Labute approximate surface area is 248 Å². The molecule has 6 rings (SSSR count). The number of nitrogen functional groups attached to an aromatic ring is 2. The lowest BCUT2D eigenvalue weighted by Crippen LogP contribution is -2.38. The van der Waals surface area contributed by atoms with Crippen LogP contribution >= 0.6 is 0 Å². The van der Waals surface area contributed by atoms with Crippen LogP contribution in [0.25, 0.3) is 22.3 Å². The molecule has 1 saturated heterocycles. The highest BCUT2D eigenvalue weighted by Crippen LogP contribution is 2.27. The second kappa shape index (κ2) is 11.6. The topological polar surface area (TPSA) is 154 Å². The van der Waals surface area contributed by atoms with E-state index in [1.54, 1.807) is 46.4 Å². The van der Waals surface area contributed by atoms with Gasteiger partial charge in [0.05, 0.1) is 18.0 Å². The predicted molar refractivity (Wildman–Crippen MR) is 163 cm³/mol. The van der Waals surface area contributed by atoms with Gasteiger partial charge in [0.1, 0.15) is 23.1 Å². The molecule has 3 aromatic heterocycles. The average Bonchev–Trinajstić information content (AvgIpc) is 3.68. The molecule has 1 fully saturated rings. The Balaban J connectivity index is 1.05. The fourth-order valence-electron chi connectivity index (χ4n) is 5.00. The van der Waals surface area contributed by atoms with Gasteiger partial charge in [0.15, 0.2) is 0 Å². The number of likely N-dealkylation sites (tertiary alicyclic amines) is 1. The van der Waals surface area contributed by atoms with Crippen molar-refractivity contribution in [2.75, 3.05) is 24.6 Å². The number of pyridine rings is 2. The lowest BCUT2D eigenvalue weighted by Gasteiger charge is -2.18. The molecule has 216 valence electrons. The first kappa shape index (κ1) is 27.5. The van der Waals surface area contributed by atoms with Gasteiger partial charge in [-0.3, -0.25) is 14.3 Å². The van der Waals surface area contributed by atoms with Gasteiger partial charge in [0.25, 0.3) is 11.8 Å². The van der Waals surface area contributed by atoms with E-state index in [0.717, 1.165) is 22.3 Å². The van der Waals surface area contributed by atoms with Gasteiger partial charge in [-0.25, -0.2) is 9.97 Å². The number of ether oxygens (including phenoxy) is 1. The van der Waals surface area contributed by atoms with Crippen LogP contribution in [-0.2, 0) is 7.05 Å². The molecule has 11 heteroatoms. The van der Waals surface area contributed by atoms with E-state index in [-0.39, 0.29) is 23.7 Å². The molecule has 11 nitrogen and oxygen atoms in total. The van der Waals surface area contributed by atoms with Gasteiger partial charge < -0.3 is 26.4 Å². The van der Waals surface area contributed by atoms with Crippen molar-refractivity contribution >= 4 is 23.5 Å². The number of carbonyl (C=O) groups excluding carboxylic acids is 2. The number of aromatic nitrogens is 4. The molecule has 1 atom stereocenters. The molecule has 5 aromatic rings. The van der Waals surface area contributed by atoms with Gasteiger partial charge >= 0.3 is 0 Å². The van der Waals surface area contributed by atoms with E-state index in [2.05, 4.69) is 20.4 Å². The summed E-state index contributed by atoms with van der Waals surface area (Å²) in [6.07, 6.45) is 7.39. The molecule has 0 spiro atoms. The van der Waals surface area contributed by atoms with Crippen LogP contribution in [0.3, 0.4) is 0 Å². The summed E-state index contributed by atoms with van der Waals surface area (Å²) in [5.41, 5.74) is 16.1. The van der Waals surface area contributed by atoms with Crippen LogP contribution in [0, 0.1) is 0 Å². The number of carbonyl (C=O) groups is 2. The van der Waals surface area contributed by atoms with E-state index in [1.165, 1.54) is 0 Å². The Morgan fingerprint density at radius 1 is 0.860 bits per heavy atom. The van der Waals surface area contributed by atoms with Crippen LogP contribution in [0.2, 0.25) is 0 Å². The monoisotopic (exact) mass is 574 g/mol. The Morgan fingerprint density at radius 2 is 1.58 bits per heavy atom. The highest BCUT2D eigenvalue weighted by Gasteiger charge is 2.29. The molecule has 1 aliphatic heterocycles. The van der Waals surface area contributed by atoms with E-state index in [9.17, 15) is 9.59 Å². The predicted octanol–water partition coefficient (Wildman–Crippen LogP) is 4.15. The highest BCUT2D eigenvalue weighted by atomic mass is 16.5. The summed E-state index contributed by atoms with van der Waals surface area (Å²) in [5, 5.41) is 7.19. The van der Waals surface area contributed by atoms with Crippen molar-refractivity contribution in [3.63, 3.8) is 0 Å². The third kappa shape index (κ3) is 6.15. The first-order valence-electron chi connectivity index (χ1n) is 13.8. The molecule has 0 unspecified atom stereocenters. The maximum Gasteiger partial charge on any atom is 0.255 e. The van der Waals surface area contributed by atoms with Gasteiger partial charge in [0, 0.05) is 55.3 Å². The molecule has 5 N–H and O–H groups in total. The summed E-state index contributed by atoms with van der Waals surface area (Å²) in [6.45, 7) is 0.951. The second-order valence-electron chi connectivity index (χ2n) is 10.4. The number of benzene rings is 2. The zero-order valence-electron chi connectivity index (χ0n) is 23.5. The molecular weight excluding hydrogens is 544 g/mol. The smallest absolute Gasteiger partial charge is 0.255 e. The lowest BCUT2D eigenvalue weighted by molar-refractivity contribution is 0.0783. The largest absolute Gasteiger partial charge is 0.456 e. The van der Waals surface area contributed by atoms with E-state index < -0.39 is 0 Å². The molecular formula is C32H30N8O3. The summed E-state index contributed by atoms with van der Waals surface area (Å²) in [5.74, 6) is 1.47. The van der Waals surface area contributed by atoms with E-state index >= 15 is 0 Å². The molecule has 1 aliphatic rings. The average molecular weight is 575 g/mol. The van der Waals surface area contributed by atoms with Gasteiger partial charge in [0.2, 0.25) is 0 Å². The fraction of sp³-hybridized carbons (Fsp3) is 0.156. The number of nitrogens with one attached hydrogen (secondary N) is 1. The van der Waals surface area contributed by atoms with Crippen LogP contribution in [0.15, 0.2) is 91.5 Å². The van der Waals surface area contributed by atoms with Gasteiger partial charge in [-0.2, -0.15) is 5.10 Å². The molecule has 2 aromatic carbocycles. The van der Waals surface area contributed by atoms with Crippen molar-refractivity contribution in [1.29, 1.82) is 0 Å². The summed E-state index contributed by atoms with van der Waals surface area (Å²) < 4.78 is 7.49. The van der Waals surface area contributed by atoms with Crippen molar-refractivity contribution in [2.24, 2.45) is 7.05 Å². The molecule has 43 heavy (non-hydrogen) atoms. The van der Waals surface area contributed by atoms with Crippen molar-refractivity contribution in [1.82, 2.24) is 30.0 Å². The lowest BCUT2D eigenvalue weighted by atomic mass is 10.0. The van der Waals surface area contributed by atoms with Crippen LogP contribution in [-0.4, -0.2) is 55.6 Å². The van der Waals surface area contributed by atoms with Gasteiger partial charge in [-0.15, -0.1) is 0 Å². The van der Waals surface area contributed by atoms with Crippen molar-refractivity contribution in [2.45, 2.75) is 12.5 Å². The van der Waals surface area contributed by atoms with Crippen molar-refractivity contribution in [3.05, 3.63) is 103 Å². The van der Waals surface area contributed by atoms with E-state index in [0.29, 0.717) is 48.0 Å². The Kier molecular flexibility index (Phi) is 7.44. The Morgan fingerprint density at radius 3 is 2.26 bits per heavy atom. The summed E-state index contributed by atoms with van der Waals surface area (Å²) in [6, 6.07) is 20.1. The van der Waals surface area contributed by atoms with Gasteiger partial charge in [-0.1, -0.05) is 24.3 Å². The fourth-order valence-corrected chi connectivity index (χ4v) is 5.00. The molecule has 0 saturated carbocycles. The minimum atomic E-state index is -0.319. The minimum absolute atomic E-state index is 0.0797. The standard InChI is InChI=1S/C32H30N8O3/c1-39-18-24(16-37-39)23-14-28(30(34)36-15-23)31(41)38-25-12-13-40(19-25)32(42)22-4-2-20(3-5-22)21-6-8-26(9-7-21)43-27-10-11-29(33)35-17-27/h2-11,14-18,25H,12-13,19H2,1H3,(H2,33,35)(H2,34,36)(H,38,41)/t25-/m1/s1. The Hall–Kier alpha value is -5.71. The molecule has 0 bridgehead atoms. The normalized spacial score (nSPS) is 14.4. The van der Waals surface area contributed by atoms with Crippen molar-refractivity contribution in [3.8, 4) is 33.8 Å². The zero-order valence-corrected chi connectivity index (χ0v) is 23.5. The van der Waals surface area contributed by atoms with Crippen molar-refractivity contribution < 1.29 is 14.3 Å². The first-order chi connectivity index (χ1) is 20.8. The number of aryl methyl sites for hydroxylation is 1. The first-order valence-corrected chi connectivity index (χ1v) is 13.8. The number of amides is 2. The number of rotatable bonds is 7. The van der Waals surface area contributed by atoms with Crippen LogP contribution in [0.1, 0.15) is 27.1 Å². The van der Waals surface area contributed by atoms with E-state index in [4.69, 9.17) is 16.2 Å². The van der Waals surface area contributed by atoms with E-state index in [1.807, 2.05) is 61.8 Å². The summed E-state index contributed by atoms with van der Waals surface area (Å²) in [7, 11) is 1.82. The molecule has 0 aliphatic carbocycles. The van der Waals surface area contributed by atoms with Crippen LogP contribution < -0.4 is 21.5 Å². The molecule has 2 amide bonds. The third-order valence-electron chi connectivity index (χ3n) is 7.33. The maximum absolute atomic E-state index is 13.2. The highest BCUT2D eigenvalue weighted by molar-refractivity contribution is 6.00.